The highest BCUT2D eigenvalue weighted by molar-refractivity contribution is 6.30. The molecule has 0 aliphatic heterocycles. The summed E-state index contributed by atoms with van der Waals surface area (Å²) in [4.78, 5) is 4.42. The highest BCUT2D eigenvalue weighted by Gasteiger charge is 1.97. The van der Waals surface area contributed by atoms with E-state index in [2.05, 4.69) is 15.6 Å². The summed E-state index contributed by atoms with van der Waals surface area (Å²) >= 11 is 5.83. The van der Waals surface area contributed by atoms with E-state index in [0.29, 0.717) is 0 Å². The van der Waals surface area contributed by atoms with Gasteiger partial charge in [-0.1, -0.05) is 17.7 Å². The number of hydrogen-bond donors (Lipinski definition) is 2. The number of rotatable bonds is 4. The van der Waals surface area contributed by atoms with Crippen molar-refractivity contribution < 1.29 is 0 Å². The number of nitrogens with zero attached hydrogens (tertiary/aromatic N) is 1. The number of nitrogens with one attached hydrogen (secondary N) is 2. The van der Waals surface area contributed by atoms with Gasteiger partial charge in [0, 0.05) is 17.3 Å². The van der Waals surface area contributed by atoms with Crippen molar-refractivity contribution in [3.8, 4) is 0 Å². The van der Waals surface area contributed by atoms with E-state index >= 15 is 0 Å². The molecule has 0 unspecified atom stereocenters. The molecule has 2 N–H and O–H groups in total. The second-order valence-corrected chi connectivity index (χ2v) is 4.01. The molecule has 2 rings (SSSR count). The molecular formula is C13H14ClN3. The first-order chi connectivity index (χ1) is 8.28. The Hall–Kier alpha value is -1.74. The van der Waals surface area contributed by atoms with Crippen LogP contribution in [0.1, 0.15) is 6.92 Å². The average molecular weight is 248 g/mol. The van der Waals surface area contributed by atoms with Crippen LogP contribution in [0.25, 0.3) is 0 Å². The number of anilines is 3. The smallest absolute Gasteiger partial charge is 0.132 e. The van der Waals surface area contributed by atoms with Gasteiger partial charge in [-0.3, -0.25) is 0 Å². The molecule has 88 valence electrons. The van der Waals surface area contributed by atoms with Gasteiger partial charge in [0.2, 0.25) is 0 Å². The maximum Gasteiger partial charge on any atom is 0.132 e. The zero-order chi connectivity index (χ0) is 12.1. The van der Waals surface area contributed by atoms with Crippen LogP contribution in [0.15, 0.2) is 42.5 Å². The van der Waals surface area contributed by atoms with Gasteiger partial charge < -0.3 is 10.6 Å². The minimum Gasteiger partial charge on any atom is -0.370 e. The van der Waals surface area contributed by atoms with Crippen LogP contribution in [-0.4, -0.2) is 11.5 Å². The molecule has 0 aliphatic rings. The molecule has 0 amide bonds. The summed E-state index contributed by atoms with van der Waals surface area (Å²) in [6.45, 7) is 2.90. The average Bonchev–Trinajstić information content (AvgIpc) is 2.33. The van der Waals surface area contributed by atoms with Gasteiger partial charge in [-0.05, 0) is 43.3 Å². The van der Waals surface area contributed by atoms with E-state index < -0.39 is 0 Å². The second-order valence-electron chi connectivity index (χ2n) is 3.57. The zero-order valence-corrected chi connectivity index (χ0v) is 10.3. The van der Waals surface area contributed by atoms with Crippen molar-refractivity contribution in [2.75, 3.05) is 17.2 Å². The van der Waals surface area contributed by atoms with E-state index in [1.807, 2.05) is 49.4 Å². The molecule has 0 spiro atoms. The molecule has 0 bridgehead atoms. The number of aromatic nitrogens is 1. The van der Waals surface area contributed by atoms with E-state index in [4.69, 9.17) is 11.6 Å². The SMILES string of the molecule is CCNc1cccc(Nc2ccc(Cl)cc2)n1. The molecular weight excluding hydrogens is 234 g/mol. The Morgan fingerprint density at radius 3 is 2.47 bits per heavy atom. The first-order valence-corrected chi connectivity index (χ1v) is 5.89. The molecule has 0 saturated carbocycles. The Labute approximate surface area is 106 Å². The number of benzene rings is 1. The maximum atomic E-state index is 5.83. The van der Waals surface area contributed by atoms with Gasteiger partial charge in [0.05, 0.1) is 0 Å². The minimum absolute atomic E-state index is 0.727. The van der Waals surface area contributed by atoms with Crippen LogP contribution in [0.2, 0.25) is 5.02 Å². The summed E-state index contributed by atoms with van der Waals surface area (Å²) in [7, 11) is 0. The van der Waals surface area contributed by atoms with E-state index in [1.54, 1.807) is 0 Å². The van der Waals surface area contributed by atoms with Crippen molar-refractivity contribution in [3.05, 3.63) is 47.5 Å². The molecule has 0 atom stereocenters. The molecule has 0 fully saturated rings. The fourth-order valence-electron chi connectivity index (χ4n) is 1.47. The summed E-state index contributed by atoms with van der Waals surface area (Å²) in [6.07, 6.45) is 0. The minimum atomic E-state index is 0.727. The molecule has 2 aromatic rings. The van der Waals surface area contributed by atoms with E-state index in [0.717, 1.165) is 28.9 Å². The Balaban J connectivity index is 2.12. The zero-order valence-electron chi connectivity index (χ0n) is 9.57. The molecule has 3 nitrogen and oxygen atoms in total. The fraction of sp³-hybridized carbons (Fsp3) is 0.154. The Morgan fingerprint density at radius 1 is 1.06 bits per heavy atom. The quantitative estimate of drug-likeness (QED) is 0.860. The van der Waals surface area contributed by atoms with Gasteiger partial charge >= 0.3 is 0 Å². The summed E-state index contributed by atoms with van der Waals surface area (Å²) in [5.74, 6) is 1.68. The molecule has 1 aromatic carbocycles. The fourth-order valence-corrected chi connectivity index (χ4v) is 1.59. The molecule has 4 heteroatoms. The number of halogens is 1. The summed E-state index contributed by atoms with van der Waals surface area (Å²) in [5.41, 5.74) is 0.968. The molecule has 0 saturated heterocycles. The summed E-state index contributed by atoms with van der Waals surface area (Å²) in [6, 6.07) is 13.4. The second kappa shape index (κ2) is 5.55. The molecule has 1 aromatic heterocycles. The first-order valence-electron chi connectivity index (χ1n) is 5.51. The van der Waals surface area contributed by atoms with E-state index in [-0.39, 0.29) is 0 Å². The lowest BCUT2D eigenvalue weighted by atomic mass is 10.3. The summed E-state index contributed by atoms with van der Waals surface area (Å²) in [5, 5.41) is 7.12. The molecule has 0 radical (unpaired) electrons. The number of pyridine rings is 1. The molecule has 17 heavy (non-hydrogen) atoms. The van der Waals surface area contributed by atoms with Crippen LogP contribution in [0.3, 0.4) is 0 Å². The normalized spacial score (nSPS) is 10.0. The van der Waals surface area contributed by atoms with Gasteiger partial charge in [0.15, 0.2) is 0 Å². The largest absolute Gasteiger partial charge is 0.370 e. The molecule has 0 aliphatic carbocycles. The van der Waals surface area contributed by atoms with Crippen molar-refractivity contribution in [1.82, 2.24) is 4.98 Å². The highest BCUT2D eigenvalue weighted by atomic mass is 35.5. The van der Waals surface area contributed by atoms with Crippen LogP contribution in [0.5, 0.6) is 0 Å². The lowest BCUT2D eigenvalue weighted by molar-refractivity contribution is 1.16. The predicted octanol–water partition coefficient (Wildman–Crippen LogP) is 3.91. The van der Waals surface area contributed by atoms with Crippen molar-refractivity contribution in [3.63, 3.8) is 0 Å². The first kappa shape index (κ1) is 11.7. The van der Waals surface area contributed by atoms with Gasteiger partial charge in [0.1, 0.15) is 11.6 Å². The monoisotopic (exact) mass is 247 g/mol. The van der Waals surface area contributed by atoms with Crippen LogP contribution in [0.4, 0.5) is 17.3 Å². The Morgan fingerprint density at radius 2 is 1.76 bits per heavy atom. The van der Waals surface area contributed by atoms with Crippen molar-refractivity contribution in [1.29, 1.82) is 0 Å². The highest BCUT2D eigenvalue weighted by Crippen LogP contribution is 2.18. The third-order valence-electron chi connectivity index (χ3n) is 2.22. The Kier molecular flexibility index (Phi) is 3.83. The van der Waals surface area contributed by atoms with Gasteiger partial charge in [-0.25, -0.2) is 4.98 Å². The third-order valence-corrected chi connectivity index (χ3v) is 2.48. The Bertz CT molecular complexity index is 482. The maximum absolute atomic E-state index is 5.83. The predicted molar refractivity (Wildman–Crippen MR) is 73.1 cm³/mol. The van der Waals surface area contributed by atoms with Crippen LogP contribution >= 0.6 is 11.6 Å². The van der Waals surface area contributed by atoms with Gasteiger partial charge in [0.25, 0.3) is 0 Å². The van der Waals surface area contributed by atoms with Crippen molar-refractivity contribution in [2.24, 2.45) is 0 Å². The van der Waals surface area contributed by atoms with Gasteiger partial charge in [-0.15, -0.1) is 0 Å². The third kappa shape index (κ3) is 3.36. The van der Waals surface area contributed by atoms with Crippen LogP contribution in [0, 0.1) is 0 Å². The molecule has 1 heterocycles. The van der Waals surface area contributed by atoms with E-state index in [9.17, 15) is 0 Å². The van der Waals surface area contributed by atoms with Crippen LogP contribution in [-0.2, 0) is 0 Å². The van der Waals surface area contributed by atoms with Crippen LogP contribution < -0.4 is 10.6 Å². The number of hydrogen-bond acceptors (Lipinski definition) is 3. The van der Waals surface area contributed by atoms with Gasteiger partial charge in [-0.2, -0.15) is 0 Å². The standard InChI is InChI=1S/C13H14ClN3/c1-2-15-12-4-3-5-13(17-12)16-11-8-6-10(14)7-9-11/h3-9H,2H2,1H3,(H2,15,16,17). The van der Waals surface area contributed by atoms with Crippen molar-refractivity contribution >= 4 is 28.9 Å². The lowest BCUT2D eigenvalue weighted by Gasteiger charge is -2.08. The topological polar surface area (TPSA) is 37.0 Å². The van der Waals surface area contributed by atoms with Crippen molar-refractivity contribution in [2.45, 2.75) is 6.92 Å². The van der Waals surface area contributed by atoms with E-state index in [1.165, 1.54) is 0 Å². The lowest BCUT2D eigenvalue weighted by Crippen LogP contribution is -2.01. The summed E-state index contributed by atoms with van der Waals surface area (Å²) < 4.78 is 0.